The largest absolute Gasteiger partial charge is 0.241 e. The van der Waals surface area contributed by atoms with Gasteiger partial charge in [0.2, 0.25) is 0 Å². The van der Waals surface area contributed by atoms with Crippen LogP contribution in [0.1, 0.15) is 21.5 Å². The van der Waals surface area contributed by atoms with Gasteiger partial charge in [-0.1, -0.05) is 64.0 Å². The number of para-hydroxylation sites is 1. The number of hydrogen-bond donors (Lipinski definition) is 0. The zero-order valence-electron chi connectivity index (χ0n) is 11.2. The average Bonchev–Trinajstić information content (AvgIpc) is 2.98. The second-order valence-electron chi connectivity index (χ2n) is 4.83. The fraction of sp³-hybridized carbons (Fsp3) is 0.118. The minimum absolute atomic E-state index is 0.167. The Morgan fingerprint density at radius 2 is 1.65 bits per heavy atom. The molecule has 2 nitrogen and oxygen atoms in total. The summed E-state index contributed by atoms with van der Waals surface area (Å²) in [5.41, 5.74) is 4.73. The Bertz CT molecular complexity index is 687. The second-order valence-corrected chi connectivity index (χ2v) is 5.74. The summed E-state index contributed by atoms with van der Waals surface area (Å²) in [6.07, 6.45) is 3.97. The van der Waals surface area contributed by atoms with Gasteiger partial charge in [-0.15, -0.1) is 0 Å². The van der Waals surface area contributed by atoms with Crippen molar-refractivity contribution in [3.63, 3.8) is 0 Å². The number of benzene rings is 2. The van der Waals surface area contributed by atoms with Crippen LogP contribution < -0.4 is 0 Å². The molecule has 0 amide bonds. The molecule has 0 aliphatic heterocycles. The highest BCUT2D eigenvalue weighted by Gasteiger charge is 2.12. The molecule has 1 unspecified atom stereocenters. The van der Waals surface area contributed by atoms with E-state index in [-0.39, 0.29) is 4.83 Å². The van der Waals surface area contributed by atoms with Gasteiger partial charge in [0, 0.05) is 11.8 Å². The Balaban J connectivity index is 1.88. The molecule has 20 heavy (non-hydrogen) atoms. The molecular formula is C17H15BrN2. The second kappa shape index (κ2) is 5.63. The fourth-order valence-corrected chi connectivity index (χ4v) is 2.66. The number of rotatable bonds is 3. The molecule has 0 saturated heterocycles. The first-order valence-corrected chi connectivity index (χ1v) is 7.46. The van der Waals surface area contributed by atoms with Crippen LogP contribution in [-0.2, 0) is 0 Å². The van der Waals surface area contributed by atoms with E-state index in [1.54, 1.807) is 0 Å². The molecule has 1 atom stereocenters. The Morgan fingerprint density at radius 1 is 0.950 bits per heavy atom. The van der Waals surface area contributed by atoms with Crippen LogP contribution in [0.3, 0.4) is 0 Å². The molecule has 0 bridgehead atoms. The van der Waals surface area contributed by atoms with Crippen molar-refractivity contribution in [1.29, 1.82) is 0 Å². The molecule has 0 fully saturated rings. The normalized spacial score (nSPS) is 12.3. The summed E-state index contributed by atoms with van der Waals surface area (Å²) in [5, 5.41) is 4.44. The van der Waals surface area contributed by atoms with E-state index < -0.39 is 0 Å². The van der Waals surface area contributed by atoms with Gasteiger partial charge in [-0.25, -0.2) is 4.68 Å². The summed E-state index contributed by atoms with van der Waals surface area (Å²) >= 11 is 3.75. The lowest BCUT2D eigenvalue weighted by Crippen LogP contribution is -1.94. The average molecular weight is 327 g/mol. The summed E-state index contributed by atoms with van der Waals surface area (Å²) < 4.78 is 1.90. The van der Waals surface area contributed by atoms with Gasteiger partial charge in [0.15, 0.2) is 0 Å². The summed E-state index contributed by atoms with van der Waals surface area (Å²) in [4.78, 5) is 0.167. The third-order valence-electron chi connectivity index (χ3n) is 3.29. The quantitative estimate of drug-likeness (QED) is 0.640. The van der Waals surface area contributed by atoms with Crippen molar-refractivity contribution >= 4 is 15.9 Å². The predicted octanol–water partition coefficient (Wildman–Crippen LogP) is 4.67. The Hall–Kier alpha value is -1.87. The minimum atomic E-state index is 0.167. The van der Waals surface area contributed by atoms with Gasteiger partial charge in [0.25, 0.3) is 0 Å². The molecule has 0 aliphatic rings. The molecule has 0 saturated carbocycles. The Kier molecular flexibility index (Phi) is 3.70. The maximum absolute atomic E-state index is 4.44. The van der Waals surface area contributed by atoms with Crippen LogP contribution in [0.2, 0.25) is 0 Å². The number of aromatic nitrogens is 2. The molecule has 0 spiro atoms. The van der Waals surface area contributed by atoms with Gasteiger partial charge in [0.1, 0.15) is 0 Å². The van der Waals surface area contributed by atoms with E-state index in [9.17, 15) is 0 Å². The van der Waals surface area contributed by atoms with E-state index in [1.165, 1.54) is 11.1 Å². The molecule has 1 aromatic heterocycles. The van der Waals surface area contributed by atoms with Crippen LogP contribution in [0.5, 0.6) is 0 Å². The number of alkyl halides is 1. The molecular weight excluding hydrogens is 312 g/mol. The van der Waals surface area contributed by atoms with E-state index in [4.69, 9.17) is 0 Å². The maximum atomic E-state index is 4.44. The van der Waals surface area contributed by atoms with Crippen molar-refractivity contribution in [1.82, 2.24) is 9.78 Å². The van der Waals surface area contributed by atoms with Gasteiger partial charge in [0.05, 0.1) is 16.7 Å². The van der Waals surface area contributed by atoms with Gasteiger partial charge >= 0.3 is 0 Å². The minimum Gasteiger partial charge on any atom is -0.241 e. The predicted molar refractivity (Wildman–Crippen MR) is 85.5 cm³/mol. The maximum Gasteiger partial charge on any atom is 0.0675 e. The van der Waals surface area contributed by atoms with Crippen LogP contribution in [0.15, 0.2) is 67.0 Å². The highest BCUT2D eigenvalue weighted by molar-refractivity contribution is 9.09. The fourth-order valence-electron chi connectivity index (χ4n) is 2.12. The molecule has 0 aliphatic carbocycles. The molecule has 100 valence electrons. The first-order valence-electron chi connectivity index (χ1n) is 6.54. The van der Waals surface area contributed by atoms with Crippen molar-refractivity contribution in [2.75, 3.05) is 0 Å². The van der Waals surface area contributed by atoms with E-state index >= 15 is 0 Å². The summed E-state index contributed by atoms with van der Waals surface area (Å²) in [6, 6.07) is 18.7. The highest BCUT2D eigenvalue weighted by atomic mass is 79.9. The zero-order chi connectivity index (χ0) is 13.9. The van der Waals surface area contributed by atoms with Gasteiger partial charge < -0.3 is 0 Å². The van der Waals surface area contributed by atoms with Crippen LogP contribution in [0.4, 0.5) is 0 Å². The highest BCUT2D eigenvalue weighted by Crippen LogP contribution is 2.30. The molecule has 1 heterocycles. The number of nitrogens with zero attached hydrogens (tertiary/aromatic N) is 2. The van der Waals surface area contributed by atoms with Crippen molar-refractivity contribution in [3.05, 3.63) is 83.7 Å². The van der Waals surface area contributed by atoms with Crippen LogP contribution in [0.25, 0.3) is 5.69 Å². The number of hydrogen-bond acceptors (Lipinski definition) is 1. The number of halogens is 1. The Labute approximate surface area is 127 Å². The third kappa shape index (κ3) is 2.68. The van der Waals surface area contributed by atoms with Crippen molar-refractivity contribution in [2.24, 2.45) is 0 Å². The zero-order valence-corrected chi connectivity index (χ0v) is 12.8. The lowest BCUT2D eigenvalue weighted by Gasteiger charge is -2.08. The third-order valence-corrected chi connectivity index (χ3v) is 4.34. The molecule has 3 aromatic rings. The lowest BCUT2D eigenvalue weighted by atomic mass is 10.1. The van der Waals surface area contributed by atoms with E-state index in [0.29, 0.717) is 0 Å². The van der Waals surface area contributed by atoms with Gasteiger partial charge in [-0.2, -0.15) is 5.10 Å². The Morgan fingerprint density at radius 3 is 2.35 bits per heavy atom. The van der Waals surface area contributed by atoms with Gasteiger partial charge in [-0.3, -0.25) is 0 Å². The van der Waals surface area contributed by atoms with Crippen LogP contribution in [-0.4, -0.2) is 9.78 Å². The molecule has 3 rings (SSSR count). The smallest absolute Gasteiger partial charge is 0.0675 e. The molecule has 0 N–H and O–H groups in total. The molecule has 3 heteroatoms. The first kappa shape index (κ1) is 13.1. The lowest BCUT2D eigenvalue weighted by molar-refractivity contribution is 0.880. The first-order chi connectivity index (χ1) is 9.74. The monoisotopic (exact) mass is 326 g/mol. The molecule has 0 radical (unpaired) electrons. The van der Waals surface area contributed by atoms with Crippen molar-refractivity contribution < 1.29 is 0 Å². The van der Waals surface area contributed by atoms with E-state index in [1.807, 2.05) is 41.2 Å². The number of aryl methyl sites for hydroxylation is 1. The van der Waals surface area contributed by atoms with E-state index in [0.717, 1.165) is 11.3 Å². The van der Waals surface area contributed by atoms with Crippen molar-refractivity contribution in [2.45, 2.75) is 11.8 Å². The summed E-state index contributed by atoms with van der Waals surface area (Å²) in [7, 11) is 0. The topological polar surface area (TPSA) is 17.8 Å². The van der Waals surface area contributed by atoms with E-state index in [2.05, 4.69) is 58.4 Å². The summed E-state index contributed by atoms with van der Waals surface area (Å²) in [5.74, 6) is 0. The van der Waals surface area contributed by atoms with Crippen LogP contribution >= 0.6 is 15.9 Å². The van der Waals surface area contributed by atoms with Crippen LogP contribution in [0, 0.1) is 6.92 Å². The SMILES string of the molecule is Cc1ccc(C(Br)c2cnn(-c3ccccc3)c2)cc1. The summed E-state index contributed by atoms with van der Waals surface area (Å²) in [6.45, 7) is 2.10. The standard InChI is InChI=1S/C17H15BrN2/c1-13-7-9-14(10-8-13)17(18)15-11-19-20(12-15)16-5-3-2-4-6-16/h2-12,17H,1H3. The van der Waals surface area contributed by atoms with Crippen molar-refractivity contribution in [3.8, 4) is 5.69 Å². The van der Waals surface area contributed by atoms with Gasteiger partial charge in [-0.05, 0) is 24.6 Å². The molecule has 2 aromatic carbocycles.